The summed E-state index contributed by atoms with van der Waals surface area (Å²) in [5, 5.41) is 17.7. The molecule has 24 heavy (non-hydrogen) atoms. The number of carbonyl (C=O) groups is 1. The van der Waals surface area contributed by atoms with Crippen LogP contribution in [0.1, 0.15) is 46.5 Å². The Bertz CT molecular complexity index is 872. The highest BCUT2D eigenvalue weighted by molar-refractivity contribution is 7.07. The van der Waals surface area contributed by atoms with E-state index in [-0.39, 0.29) is 12.5 Å². The zero-order valence-corrected chi connectivity index (χ0v) is 13.9. The molecule has 2 aromatic heterocycles. The van der Waals surface area contributed by atoms with E-state index in [9.17, 15) is 9.90 Å². The van der Waals surface area contributed by atoms with Gasteiger partial charge in [-0.25, -0.2) is 0 Å². The molecular formula is C19H18N2O2S. The molecule has 0 bridgehead atoms. The Morgan fingerprint density at radius 1 is 1.33 bits per heavy atom. The summed E-state index contributed by atoms with van der Waals surface area (Å²) >= 11 is 1.53. The third-order valence-electron chi connectivity index (χ3n) is 4.36. The number of fused-ring (bicyclic) bond motifs is 1. The van der Waals surface area contributed by atoms with Gasteiger partial charge in [0.15, 0.2) is 0 Å². The normalized spacial score (nSPS) is 15.4. The molecule has 3 aromatic rings. The molecule has 0 aliphatic heterocycles. The quantitative estimate of drug-likeness (QED) is 0.747. The summed E-state index contributed by atoms with van der Waals surface area (Å²) < 4.78 is 0. The average Bonchev–Trinajstić information content (AvgIpc) is 3.32. The summed E-state index contributed by atoms with van der Waals surface area (Å²) in [7, 11) is 0. The molecule has 2 N–H and O–H groups in total. The van der Waals surface area contributed by atoms with E-state index in [1.807, 2.05) is 47.2 Å². The van der Waals surface area contributed by atoms with Crippen molar-refractivity contribution in [2.24, 2.45) is 0 Å². The van der Waals surface area contributed by atoms with Crippen molar-refractivity contribution >= 4 is 28.1 Å². The van der Waals surface area contributed by atoms with Crippen LogP contribution in [0.25, 0.3) is 10.9 Å². The van der Waals surface area contributed by atoms with Gasteiger partial charge < -0.3 is 10.4 Å². The molecular weight excluding hydrogens is 320 g/mol. The molecule has 1 amide bonds. The minimum atomic E-state index is -0.684. The van der Waals surface area contributed by atoms with Crippen LogP contribution in [0.15, 0.2) is 47.2 Å². The lowest BCUT2D eigenvalue weighted by Crippen LogP contribution is -2.28. The molecule has 1 aliphatic rings. The largest absolute Gasteiger partial charge is 0.387 e. The maximum atomic E-state index is 12.7. The first-order valence-corrected chi connectivity index (χ1v) is 9.04. The number of para-hydroxylation sites is 1. The minimum Gasteiger partial charge on any atom is -0.387 e. The minimum absolute atomic E-state index is 0.162. The average molecular weight is 338 g/mol. The van der Waals surface area contributed by atoms with Gasteiger partial charge >= 0.3 is 0 Å². The summed E-state index contributed by atoms with van der Waals surface area (Å²) in [5.41, 5.74) is 3.32. The van der Waals surface area contributed by atoms with Gasteiger partial charge in [-0.15, -0.1) is 0 Å². The number of thiophene rings is 1. The van der Waals surface area contributed by atoms with Crippen molar-refractivity contribution < 1.29 is 9.90 Å². The standard InChI is InChI=1S/C19H18N2O2S/c22-18(13-7-8-24-11-13)10-20-19(23)15-9-17(12-5-6-12)21-16-4-2-1-3-14(15)16/h1-4,7-9,11-12,18,22H,5-6,10H2,(H,20,23). The predicted octanol–water partition coefficient (Wildman–Crippen LogP) is 3.64. The highest BCUT2D eigenvalue weighted by Crippen LogP contribution is 2.40. The summed E-state index contributed by atoms with van der Waals surface area (Å²) in [5.74, 6) is 0.322. The smallest absolute Gasteiger partial charge is 0.252 e. The molecule has 0 radical (unpaired) electrons. The fraction of sp³-hybridized carbons (Fsp3) is 0.263. The summed E-state index contributed by atoms with van der Waals surface area (Å²) in [4.78, 5) is 17.4. The molecule has 0 saturated heterocycles. The van der Waals surface area contributed by atoms with Crippen LogP contribution in [0.5, 0.6) is 0 Å². The molecule has 4 rings (SSSR count). The second-order valence-corrected chi connectivity index (χ2v) is 6.95. The van der Waals surface area contributed by atoms with E-state index in [0.29, 0.717) is 11.5 Å². The molecule has 1 atom stereocenters. The maximum Gasteiger partial charge on any atom is 0.252 e. The van der Waals surface area contributed by atoms with E-state index >= 15 is 0 Å². The summed E-state index contributed by atoms with van der Waals surface area (Å²) in [6.45, 7) is 0.199. The van der Waals surface area contributed by atoms with Gasteiger partial charge in [0.25, 0.3) is 5.91 Å². The Morgan fingerprint density at radius 2 is 2.17 bits per heavy atom. The van der Waals surface area contributed by atoms with Crippen LogP contribution >= 0.6 is 11.3 Å². The van der Waals surface area contributed by atoms with Gasteiger partial charge in [-0.05, 0) is 47.4 Å². The van der Waals surface area contributed by atoms with Crippen molar-refractivity contribution in [2.45, 2.75) is 24.9 Å². The predicted molar refractivity (Wildman–Crippen MR) is 95.3 cm³/mol. The van der Waals surface area contributed by atoms with E-state index < -0.39 is 6.10 Å². The van der Waals surface area contributed by atoms with Gasteiger partial charge in [-0.2, -0.15) is 11.3 Å². The Kier molecular flexibility index (Phi) is 4.04. The lowest BCUT2D eigenvalue weighted by Gasteiger charge is -2.13. The number of aliphatic hydroxyl groups is 1. The molecule has 1 unspecified atom stereocenters. The van der Waals surface area contributed by atoms with Crippen molar-refractivity contribution in [1.82, 2.24) is 10.3 Å². The van der Waals surface area contributed by atoms with E-state index in [1.165, 1.54) is 11.3 Å². The van der Waals surface area contributed by atoms with Crippen molar-refractivity contribution in [3.8, 4) is 0 Å². The highest BCUT2D eigenvalue weighted by Gasteiger charge is 2.27. The van der Waals surface area contributed by atoms with Crippen LogP contribution in [0.3, 0.4) is 0 Å². The van der Waals surface area contributed by atoms with E-state index in [2.05, 4.69) is 10.3 Å². The van der Waals surface area contributed by atoms with E-state index in [1.54, 1.807) is 0 Å². The molecule has 1 aromatic carbocycles. The molecule has 1 fully saturated rings. The maximum absolute atomic E-state index is 12.7. The Hall–Kier alpha value is -2.24. The number of hydrogen-bond donors (Lipinski definition) is 2. The zero-order valence-electron chi connectivity index (χ0n) is 13.1. The van der Waals surface area contributed by atoms with Crippen LogP contribution in [0.2, 0.25) is 0 Å². The first-order chi connectivity index (χ1) is 11.7. The number of nitrogens with one attached hydrogen (secondary N) is 1. The van der Waals surface area contributed by atoms with Gasteiger partial charge in [0.05, 0.1) is 17.2 Å². The second-order valence-electron chi connectivity index (χ2n) is 6.17. The lowest BCUT2D eigenvalue weighted by molar-refractivity contribution is 0.0918. The number of aliphatic hydroxyl groups excluding tert-OH is 1. The lowest BCUT2D eigenvalue weighted by atomic mass is 10.1. The van der Waals surface area contributed by atoms with Gasteiger partial charge in [-0.3, -0.25) is 9.78 Å². The van der Waals surface area contributed by atoms with Gasteiger partial charge in [0.2, 0.25) is 0 Å². The number of benzene rings is 1. The number of nitrogens with zero attached hydrogens (tertiary/aromatic N) is 1. The molecule has 1 aliphatic carbocycles. The summed E-state index contributed by atoms with van der Waals surface area (Å²) in [6, 6.07) is 11.5. The van der Waals surface area contributed by atoms with Gasteiger partial charge in [0.1, 0.15) is 0 Å². The van der Waals surface area contributed by atoms with Crippen molar-refractivity contribution in [3.05, 3.63) is 64.0 Å². The van der Waals surface area contributed by atoms with Crippen LogP contribution in [0.4, 0.5) is 0 Å². The number of hydrogen-bond acceptors (Lipinski definition) is 4. The fourth-order valence-electron chi connectivity index (χ4n) is 2.84. The Labute approximate surface area is 144 Å². The van der Waals surface area contributed by atoms with Crippen molar-refractivity contribution in [3.63, 3.8) is 0 Å². The first-order valence-electron chi connectivity index (χ1n) is 8.10. The van der Waals surface area contributed by atoms with Crippen molar-refractivity contribution in [2.75, 3.05) is 6.54 Å². The molecule has 122 valence electrons. The van der Waals surface area contributed by atoms with Crippen LogP contribution in [-0.2, 0) is 0 Å². The number of carbonyl (C=O) groups excluding carboxylic acids is 1. The fourth-order valence-corrected chi connectivity index (χ4v) is 3.55. The SMILES string of the molecule is O=C(NCC(O)c1ccsc1)c1cc(C2CC2)nc2ccccc12. The van der Waals surface area contributed by atoms with Crippen LogP contribution in [0, 0.1) is 0 Å². The number of aromatic nitrogens is 1. The van der Waals surface area contributed by atoms with E-state index in [4.69, 9.17) is 0 Å². The molecule has 2 heterocycles. The Balaban J connectivity index is 1.59. The molecule has 5 heteroatoms. The molecule has 0 spiro atoms. The second kappa shape index (κ2) is 6.34. The first kappa shape index (κ1) is 15.3. The zero-order chi connectivity index (χ0) is 16.5. The number of pyridine rings is 1. The van der Waals surface area contributed by atoms with Crippen molar-refractivity contribution in [1.29, 1.82) is 0 Å². The third-order valence-corrected chi connectivity index (χ3v) is 5.06. The third kappa shape index (κ3) is 3.05. The van der Waals surface area contributed by atoms with E-state index in [0.717, 1.165) is 35.0 Å². The highest BCUT2D eigenvalue weighted by atomic mass is 32.1. The Morgan fingerprint density at radius 3 is 2.92 bits per heavy atom. The number of amides is 1. The van der Waals surface area contributed by atoms with Gasteiger partial charge in [-0.1, -0.05) is 18.2 Å². The molecule has 1 saturated carbocycles. The van der Waals surface area contributed by atoms with Crippen LogP contribution < -0.4 is 5.32 Å². The van der Waals surface area contributed by atoms with Gasteiger partial charge in [0, 0.05) is 23.5 Å². The monoisotopic (exact) mass is 338 g/mol. The summed E-state index contributed by atoms with van der Waals surface area (Å²) in [6.07, 6.45) is 1.60. The van der Waals surface area contributed by atoms with Crippen LogP contribution in [-0.4, -0.2) is 22.5 Å². The molecule has 4 nitrogen and oxygen atoms in total. The topological polar surface area (TPSA) is 62.2 Å². The number of rotatable bonds is 5.